The summed E-state index contributed by atoms with van der Waals surface area (Å²) in [4.78, 5) is 34.7. The molecule has 3 aromatic rings. The van der Waals surface area contributed by atoms with Gasteiger partial charge in [0.25, 0.3) is 0 Å². The molecule has 0 unspecified atom stereocenters. The van der Waals surface area contributed by atoms with Crippen LogP contribution in [-0.2, 0) is 9.59 Å². The Kier molecular flexibility index (Phi) is 4.07. The van der Waals surface area contributed by atoms with Crippen LogP contribution in [0.4, 0.5) is 5.13 Å². The Morgan fingerprint density at radius 2 is 2.22 bits per heavy atom. The molecular weight excluding hydrogens is 314 g/mol. The van der Waals surface area contributed by atoms with Gasteiger partial charge in [-0.1, -0.05) is 0 Å². The molecule has 3 rings (SSSR count). The van der Waals surface area contributed by atoms with Gasteiger partial charge in [-0.3, -0.25) is 9.59 Å². The van der Waals surface area contributed by atoms with Crippen molar-refractivity contribution in [3.63, 3.8) is 0 Å². The molecule has 8 heteroatoms. The number of nitrogens with zero attached hydrogens (tertiary/aromatic N) is 2. The number of nitrogens with one attached hydrogen (secondary N) is 3. The molecule has 0 saturated carbocycles. The third-order valence-corrected chi connectivity index (χ3v) is 4.03. The van der Waals surface area contributed by atoms with E-state index in [4.69, 9.17) is 0 Å². The Labute approximate surface area is 136 Å². The summed E-state index contributed by atoms with van der Waals surface area (Å²) < 4.78 is 0. The van der Waals surface area contributed by atoms with Crippen LogP contribution < -0.4 is 10.6 Å². The lowest BCUT2D eigenvalue weighted by Gasteiger charge is -2.10. The fourth-order valence-corrected chi connectivity index (χ4v) is 2.92. The van der Waals surface area contributed by atoms with Crippen molar-refractivity contribution in [3.05, 3.63) is 29.9 Å². The van der Waals surface area contributed by atoms with Crippen molar-refractivity contribution in [2.75, 3.05) is 5.32 Å². The van der Waals surface area contributed by atoms with Crippen LogP contribution in [0.15, 0.2) is 29.9 Å². The number of aromatic nitrogens is 3. The minimum atomic E-state index is -0.614. The first-order valence-electron chi connectivity index (χ1n) is 7.00. The number of hydrogen-bond acceptors (Lipinski definition) is 5. The van der Waals surface area contributed by atoms with Crippen molar-refractivity contribution < 1.29 is 9.59 Å². The maximum absolute atomic E-state index is 12.0. The molecule has 3 aromatic heterocycles. The molecule has 0 fully saturated rings. The van der Waals surface area contributed by atoms with Gasteiger partial charge in [-0.25, -0.2) is 9.97 Å². The van der Waals surface area contributed by atoms with Crippen molar-refractivity contribution >= 4 is 39.3 Å². The molecule has 0 bridgehead atoms. The van der Waals surface area contributed by atoms with E-state index >= 15 is 0 Å². The Bertz CT molecular complexity index is 870. The number of aromatic amines is 1. The van der Waals surface area contributed by atoms with Gasteiger partial charge in [0.2, 0.25) is 11.8 Å². The minimum Gasteiger partial charge on any atom is -0.345 e. The lowest BCUT2D eigenvalue weighted by atomic mass is 10.2. The van der Waals surface area contributed by atoms with Crippen molar-refractivity contribution in [2.24, 2.45) is 0 Å². The molecule has 7 nitrogen and oxygen atoms in total. The number of carbonyl (C=O) groups is 2. The lowest BCUT2D eigenvalue weighted by Crippen LogP contribution is -2.40. The van der Waals surface area contributed by atoms with Crippen LogP contribution in [0.2, 0.25) is 0 Å². The zero-order valence-electron chi connectivity index (χ0n) is 12.6. The molecule has 1 atom stereocenters. The molecule has 0 aliphatic rings. The predicted octanol–water partition coefficient (Wildman–Crippen LogP) is 2.15. The highest BCUT2D eigenvalue weighted by molar-refractivity contribution is 7.14. The Hall–Kier alpha value is -2.74. The van der Waals surface area contributed by atoms with E-state index in [-0.39, 0.29) is 11.8 Å². The van der Waals surface area contributed by atoms with Crippen LogP contribution in [0.5, 0.6) is 0 Å². The van der Waals surface area contributed by atoms with Crippen molar-refractivity contribution in [1.82, 2.24) is 20.3 Å². The molecular formula is C15H15N5O2S. The monoisotopic (exact) mass is 329 g/mol. The summed E-state index contributed by atoms with van der Waals surface area (Å²) in [7, 11) is 0. The van der Waals surface area contributed by atoms with E-state index in [9.17, 15) is 9.59 Å². The molecule has 0 saturated heterocycles. The fraction of sp³-hybridized carbons (Fsp3) is 0.200. The molecule has 3 heterocycles. The highest BCUT2D eigenvalue weighted by Crippen LogP contribution is 2.30. The molecule has 0 spiro atoms. The van der Waals surface area contributed by atoms with E-state index in [1.54, 1.807) is 13.1 Å². The number of H-pyrrole nitrogens is 1. The van der Waals surface area contributed by atoms with Gasteiger partial charge in [0.1, 0.15) is 11.7 Å². The first-order chi connectivity index (χ1) is 11.0. The van der Waals surface area contributed by atoms with Gasteiger partial charge in [-0.2, -0.15) is 0 Å². The maximum Gasteiger partial charge on any atom is 0.248 e. The van der Waals surface area contributed by atoms with Crippen molar-refractivity contribution in [1.29, 1.82) is 0 Å². The van der Waals surface area contributed by atoms with Gasteiger partial charge in [-0.05, 0) is 19.1 Å². The largest absolute Gasteiger partial charge is 0.345 e. The standard InChI is InChI=1S/C15H15N5O2S/c1-8(18-9(2)21)14(22)20-15-19-12(7-23-15)11-6-17-13-10(11)4-3-5-16-13/h3-8H,1-2H3,(H,16,17)(H,18,21)(H,19,20,22)/t8-/m0/s1. The molecule has 118 valence electrons. The zero-order chi connectivity index (χ0) is 16.4. The number of amides is 2. The molecule has 2 amide bonds. The predicted molar refractivity (Wildman–Crippen MR) is 89.1 cm³/mol. The average molecular weight is 329 g/mol. The summed E-state index contributed by atoms with van der Waals surface area (Å²) in [6.45, 7) is 2.99. The summed E-state index contributed by atoms with van der Waals surface area (Å²) in [5.74, 6) is -0.555. The fourth-order valence-electron chi connectivity index (χ4n) is 2.21. The van der Waals surface area contributed by atoms with Gasteiger partial charge in [0, 0.05) is 35.6 Å². The normalized spacial score (nSPS) is 12.1. The number of thiazole rings is 1. The molecule has 3 N–H and O–H groups in total. The maximum atomic E-state index is 12.0. The molecule has 0 aliphatic heterocycles. The second kappa shape index (κ2) is 6.17. The quantitative estimate of drug-likeness (QED) is 0.683. The average Bonchev–Trinajstić information content (AvgIpc) is 3.12. The Morgan fingerprint density at radius 3 is 3.00 bits per heavy atom. The van der Waals surface area contributed by atoms with Crippen LogP contribution in [0.3, 0.4) is 0 Å². The first-order valence-corrected chi connectivity index (χ1v) is 7.88. The molecule has 23 heavy (non-hydrogen) atoms. The van der Waals surface area contributed by atoms with Gasteiger partial charge in [0.15, 0.2) is 5.13 Å². The van der Waals surface area contributed by atoms with E-state index in [0.29, 0.717) is 5.13 Å². The number of anilines is 1. The summed E-state index contributed by atoms with van der Waals surface area (Å²) in [5, 5.41) is 8.57. The number of fused-ring (bicyclic) bond motifs is 1. The highest BCUT2D eigenvalue weighted by atomic mass is 32.1. The van der Waals surface area contributed by atoms with Crippen molar-refractivity contribution in [2.45, 2.75) is 19.9 Å². The zero-order valence-corrected chi connectivity index (χ0v) is 13.4. The topological polar surface area (TPSA) is 99.8 Å². The molecule has 0 radical (unpaired) electrons. The number of hydrogen-bond donors (Lipinski definition) is 3. The summed E-state index contributed by atoms with van der Waals surface area (Å²) in [6.07, 6.45) is 3.57. The van der Waals surface area contributed by atoms with E-state index in [2.05, 4.69) is 25.6 Å². The van der Waals surface area contributed by atoms with Gasteiger partial charge in [0.05, 0.1) is 5.69 Å². The van der Waals surface area contributed by atoms with Gasteiger partial charge >= 0.3 is 0 Å². The van der Waals surface area contributed by atoms with Crippen molar-refractivity contribution in [3.8, 4) is 11.3 Å². The van der Waals surface area contributed by atoms with E-state index in [1.807, 2.05) is 23.7 Å². The second-order valence-electron chi connectivity index (χ2n) is 5.05. The molecule has 0 aromatic carbocycles. The van der Waals surface area contributed by atoms with Gasteiger partial charge in [-0.15, -0.1) is 11.3 Å². The Balaban J connectivity index is 1.78. The van der Waals surface area contributed by atoms with Gasteiger partial charge < -0.3 is 15.6 Å². The van der Waals surface area contributed by atoms with Crippen LogP contribution in [0.1, 0.15) is 13.8 Å². The summed E-state index contributed by atoms with van der Waals surface area (Å²) in [6, 6.07) is 3.21. The van der Waals surface area contributed by atoms with Crippen LogP contribution in [0, 0.1) is 0 Å². The highest BCUT2D eigenvalue weighted by Gasteiger charge is 2.16. The van der Waals surface area contributed by atoms with Crippen LogP contribution in [-0.4, -0.2) is 32.8 Å². The number of rotatable bonds is 4. The third-order valence-electron chi connectivity index (χ3n) is 3.27. The number of pyridine rings is 1. The smallest absolute Gasteiger partial charge is 0.248 e. The SMILES string of the molecule is CC(=O)N[C@@H](C)C(=O)Nc1nc(-c2c[nH]c3ncccc23)cs1. The van der Waals surface area contributed by atoms with Crippen LogP contribution >= 0.6 is 11.3 Å². The van der Waals surface area contributed by atoms with E-state index < -0.39 is 6.04 Å². The summed E-state index contributed by atoms with van der Waals surface area (Å²) in [5.41, 5.74) is 2.48. The van der Waals surface area contributed by atoms with Crippen LogP contribution in [0.25, 0.3) is 22.3 Å². The first kappa shape index (κ1) is 15.2. The number of carbonyl (C=O) groups excluding carboxylic acids is 2. The Morgan fingerprint density at radius 1 is 1.39 bits per heavy atom. The lowest BCUT2D eigenvalue weighted by molar-refractivity contribution is -0.124. The minimum absolute atomic E-state index is 0.251. The second-order valence-corrected chi connectivity index (χ2v) is 5.91. The summed E-state index contributed by atoms with van der Waals surface area (Å²) >= 11 is 1.33. The molecule has 0 aliphatic carbocycles. The van der Waals surface area contributed by atoms with E-state index in [0.717, 1.165) is 22.3 Å². The van der Waals surface area contributed by atoms with E-state index in [1.165, 1.54) is 18.3 Å². The third kappa shape index (κ3) is 3.21.